The third-order valence-electron chi connectivity index (χ3n) is 2.19. The van der Waals surface area contributed by atoms with E-state index in [-0.39, 0.29) is 24.9 Å². The predicted molar refractivity (Wildman–Crippen MR) is 66.1 cm³/mol. The van der Waals surface area contributed by atoms with Crippen molar-refractivity contribution in [2.24, 2.45) is 5.73 Å². The first kappa shape index (κ1) is 13.2. The van der Waals surface area contributed by atoms with Gasteiger partial charge in [0.2, 0.25) is 5.91 Å². The summed E-state index contributed by atoms with van der Waals surface area (Å²) in [5.41, 5.74) is 5.63. The number of likely N-dealkylation sites (N-methyl/N-ethyl adjacent to an activating group) is 1. The maximum Gasteiger partial charge on any atom is 0.248 e. The van der Waals surface area contributed by atoms with Gasteiger partial charge in [0.1, 0.15) is 17.3 Å². The first-order valence-corrected chi connectivity index (χ1v) is 5.21. The van der Waals surface area contributed by atoms with Crippen molar-refractivity contribution in [2.45, 2.75) is 6.04 Å². The third-order valence-corrected chi connectivity index (χ3v) is 2.63. The Balaban J connectivity index is 0.00000128. The smallest absolute Gasteiger partial charge is 0.248 e. The summed E-state index contributed by atoms with van der Waals surface area (Å²) in [5.74, 6) is 0.865. The maximum atomic E-state index is 11.7. The van der Waals surface area contributed by atoms with Gasteiger partial charge < -0.3 is 10.5 Å². The zero-order valence-electron chi connectivity index (χ0n) is 8.51. The summed E-state index contributed by atoms with van der Waals surface area (Å²) >= 11 is 3.24. The normalized spacial score (nSPS) is 19.3. The first-order valence-electron chi connectivity index (χ1n) is 4.42. The molecule has 7 heteroatoms. The molecule has 1 amide bonds. The Morgan fingerprint density at radius 3 is 3.00 bits per heavy atom. The van der Waals surface area contributed by atoms with Gasteiger partial charge in [0.05, 0.1) is 0 Å². The van der Waals surface area contributed by atoms with Crippen LogP contribution in [-0.2, 0) is 4.79 Å². The Hall–Kier alpha value is -0.850. The van der Waals surface area contributed by atoms with Gasteiger partial charge in [0.25, 0.3) is 0 Å². The highest BCUT2D eigenvalue weighted by atomic mass is 79.9. The molecule has 2 rings (SSSR count). The van der Waals surface area contributed by atoms with Crippen molar-refractivity contribution in [3.8, 4) is 5.75 Å². The molecule has 0 unspecified atom stereocenters. The second kappa shape index (κ2) is 4.99. The summed E-state index contributed by atoms with van der Waals surface area (Å²) in [4.78, 5) is 17.3. The van der Waals surface area contributed by atoms with E-state index in [4.69, 9.17) is 10.5 Å². The van der Waals surface area contributed by atoms with Gasteiger partial charge in [-0.05, 0) is 28.1 Å². The van der Waals surface area contributed by atoms with Crippen LogP contribution in [0.25, 0.3) is 0 Å². The van der Waals surface area contributed by atoms with Crippen molar-refractivity contribution in [3.05, 3.63) is 16.7 Å². The standard InChI is InChI=1S/C9H10BrN3O2.ClH/c1-13-8-6(2-3-7(10)12-8)15-4-5(11)9(13)14;/h2-3,5H,4,11H2,1H3;1H/t5-;/m0./s1. The number of hydrogen-bond donors (Lipinski definition) is 1. The molecule has 88 valence electrons. The maximum absolute atomic E-state index is 11.7. The minimum absolute atomic E-state index is 0. The van der Waals surface area contributed by atoms with Gasteiger partial charge in [-0.2, -0.15) is 0 Å². The number of amides is 1. The minimum atomic E-state index is -0.636. The van der Waals surface area contributed by atoms with Gasteiger partial charge >= 0.3 is 0 Å². The zero-order valence-corrected chi connectivity index (χ0v) is 10.9. The molecular formula is C9H11BrClN3O2. The van der Waals surface area contributed by atoms with E-state index in [1.807, 2.05) is 0 Å². The number of carbonyl (C=O) groups excluding carboxylic acids is 1. The fraction of sp³-hybridized carbons (Fsp3) is 0.333. The van der Waals surface area contributed by atoms with E-state index in [0.29, 0.717) is 16.2 Å². The molecule has 1 aliphatic rings. The van der Waals surface area contributed by atoms with Crippen LogP contribution in [0.1, 0.15) is 0 Å². The van der Waals surface area contributed by atoms with Crippen LogP contribution in [0.3, 0.4) is 0 Å². The number of nitrogens with two attached hydrogens (primary N) is 1. The number of pyridine rings is 1. The highest BCUT2D eigenvalue weighted by molar-refractivity contribution is 9.10. The molecule has 1 aliphatic heterocycles. The van der Waals surface area contributed by atoms with E-state index >= 15 is 0 Å². The molecule has 0 fully saturated rings. The molecule has 0 aromatic carbocycles. The number of aromatic nitrogens is 1. The minimum Gasteiger partial charge on any atom is -0.488 e. The zero-order chi connectivity index (χ0) is 11.0. The van der Waals surface area contributed by atoms with Crippen molar-refractivity contribution in [3.63, 3.8) is 0 Å². The quantitative estimate of drug-likeness (QED) is 0.725. The van der Waals surface area contributed by atoms with Gasteiger partial charge in [-0.15, -0.1) is 12.4 Å². The largest absolute Gasteiger partial charge is 0.488 e. The second-order valence-corrected chi connectivity index (χ2v) is 4.08. The van der Waals surface area contributed by atoms with Crippen LogP contribution in [0.5, 0.6) is 5.75 Å². The Morgan fingerprint density at radius 2 is 2.31 bits per heavy atom. The third kappa shape index (κ3) is 2.28. The van der Waals surface area contributed by atoms with Crippen LogP contribution in [-0.4, -0.2) is 30.6 Å². The van der Waals surface area contributed by atoms with E-state index in [0.717, 1.165) is 0 Å². The number of carbonyl (C=O) groups is 1. The van der Waals surface area contributed by atoms with Crippen LogP contribution in [0.4, 0.5) is 5.82 Å². The van der Waals surface area contributed by atoms with Gasteiger partial charge in [-0.25, -0.2) is 4.98 Å². The molecule has 0 saturated carbocycles. The Labute approximate surface area is 108 Å². The lowest BCUT2D eigenvalue weighted by Crippen LogP contribution is -2.43. The Morgan fingerprint density at radius 1 is 1.62 bits per heavy atom. The molecule has 1 atom stereocenters. The average Bonchev–Trinajstić information content (AvgIpc) is 2.32. The van der Waals surface area contributed by atoms with E-state index in [2.05, 4.69) is 20.9 Å². The van der Waals surface area contributed by atoms with Crippen molar-refractivity contribution in [1.82, 2.24) is 4.98 Å². The molecule has 0 saturated heterocycles. The predicted octanol–water partition coefficient (Wildman–Crippen LogP) is 0.948. The van der Waals surface area contributed by atoms with Gasteiger partial charge in [-0.1, -0.05) is 0 Å². The van der Waals surface area contributed by atoms with E-state index in [9.17, 15) is 4.79 Å². The van der Waals surface area contributed by atoms with E-state index < -0.39 is 6.04 Å². The molecule has 0 radical (unpaired) electrons. The number of fused-ring (bicyclic) bond motifs is 1. The lowest BCUT2D eigenvalue weighted by Gasteiger charge is -2.16. The number of rotatable bonds is 0. The number of nitrogens with zero attached hydrogens (tertiary/aromatic N) is 2. The van der Waals surface area contributed by atoms with Crippen LogP contribution in [0, 0.1) is 0 Å². The molecule has 1 aromatic rings. The Bertz CT molecular complexity index is 416. The molecule has 16 heavy (non-hydrogen) atoms. The summed E-state index contributed by atoms with van der Waals surface area (Å²) in [6.07, 6.45) is 0. The molecule has 2 N–H and O–H groups in total. The summed E-state index contributed by atoms with van der Waals surface area (Å²) in [6, 6.07) is 2.88. The monoisotopic (exact) mass is 307 g/mol. The molecule has 2 heterocycles. The number of ether oxygens (including phenoxy) is 1. The van der Waals surface area contributed by atoms with Gasteiger partial charge in [0.15, 0.2) is 11.6 Å². The molecule has 1 aromatic heterocycles. The Kier molecular flexibility index (Phi) is 4.12. The fourth-order valence-electron chi connectivity index (χ4n) is 1.37. The molecular weight excluding hydrogens is 297 g/mol. The molecule has 5 nitrogen and oxygen atoms in total. The first-order chi connectivity index (χ1) is 7.09. The van der Waals surface area contributed by atoms with Gasteiger partial charge in [0, 0.05) is 7.05 Å². The van der Waals surface area contributed by atoms with Crippen LogP contribution < -0.4 is 15.4 Å². The topological polar surface area (TPSA) is 68.5 Å². The number of anilines is 1. The average molecular weight is 309 g/mol. The van der Waals surface area contributed by atoms with Crippen molar-refractivity contribution in [1.29, 1.82) is 0 Å². The summed E-state index contributed by atoms with van der Waals surface area (Å²) in [7, 11) is 1.63. The summed E-state index contributed by atoms with van der Waals surface area (Å²) in [6.45, 7) is 0.180. The molecule has 0 aliphatic carbocycles. The second-order valence-electron chi connectivity index (χ2n) is 3.27. The van der Waals surface area contributed by atoms with Crippen LogP contribution in [0.15, 0.2) is 16.7 Å². The number of hydrogen-bond acceptors (Lipinski definition) is 4. The van der Waals surface area contributed by atoms with Crippen LogP contribution >= 0.6 is 28.3 Å². The lowest BCUT2D eigenvalue weighted by atomic mass is 10.3. The highest BCUT2D eigenvalue weighted by Crippen LogP contribution is 2.29. The fourth-order valence-corrected chi connectivity index (χ4v) is 1.67. The van der Waals surface area contributed by atoms with Crippen molar-refractivity contribution < 1.29 is 9.53 Å². The van der Waals surface area contributed by atoms with Gasteiger partial charge in [-0.3, -0.25) is 9.69 Å². The number of halogens is 2. The SMILES string of the molecule is CN1C(=O)[C@@H](N)COc2ccc(Br)nc21.Cl. The lowest BCUT2D eigenvalue weighted by molar-refractivity contribution is -0.119. The summed E-state index contributed by atoms with van der Waals surface area (Å²) in [5, 5.41) is 0. The summed E-state index contributed by atoms with van der Waals surface area (Å²) < 4.78 is 6.04. The van der Waals surface area contributed by atoms with Crippen LogP contribution in [0.2, 0.25) is 0 Å². The van der Waals surface area contributed by atoms with E-state index in [1.54, 1.807) is 19.2 Å². The van der Waals surface area contributed by atoms with Crippen molar-refractivity contribution >= 4 is 40.1 Å². The highest BCUT2D eigenvalue weighted by Gasteiger charge is 2.27. The molecule has 0 bridgehead atoms. The molecule has 0 spiro atoms. The van der Waals surface area contributed by atoms with Crippen molar-refractivity contribution in [2.75, 3.05) is 18.6 Å². The van der Waals surface area contributed by atoms with E-state index in [1.165, 1.54) is 4.90 Å².